The van der Waals surface area contributed by atoms with Gasteiger partial charge in [0, 0.05) is 83.7 Å². The summed E-state index contributed by atoms with van der Waals surface area (Å²) in [7, 11) is 1.63. The largest absolute Gasteiger partial charge is 0.383 e. The Labute approximate surface area is 513 Å². The first-order chi connectivity index (χ1) is 41.8. The van der Waals surface area contributed by atoms with E-state index in [4.69, 9.17) is 33.5 Å². The van der Waals surface area contributed by atoms with E-state index in [9.17, 15) is 24.1 Å². The molecular weight excluding hydrogens is 1140 g/mol. The minimum absolute atomic E-state index is 0.00760. The Kier molecular flexibility index (Phi) is 16.7. The van der Waals surface area contributed by atoms with Gasteiger partial charge in [-0.05, 0) is 135 Å². The Bertz CT molecular complexity index is 4350. The van der Waals surface area contributed by atoms with E-state index in [2.05, 4.69) is 108 Å². The molecule has 3 saturated carbocycles. The van der Waals surface area contributed by atoms with E-state index in [1.807, 2.05) is 42.2 Å². The van der Waals surface area contributed by atoms with Crippen molar-refractivity contribution in [3.8, 4) is 69.3 Å². The Hall–Kier alpha value is -8.66. The van der Waals surface area contributed by atoms with Gasteiger partial charge in [-0.2, -0.15) is 0 Å². The summed E-state index contributed by atoms with van der Waals surface area (Å²) in [6, 6.07) is 6.76. The van der Waals surface area contributed by atoms with Gasteiger partial charge in [-0.1, -0.05) is 29.4 Å². The number of fused-ring (bicyclic) bond motifs is 3. The number of halogens is 3. The first kappa shape index (κ1) is 61.0. The van der Waals surface area contributed by atoms with Gasteiger partial charge in [-0.3, -0.25) is 4.90 Å². The minimum atomic E-state index is -1.09. The molecule has 4 aliphatic rings. The van der Waals surface area contributed by atoms with Gasteiger partial charge in [-0.15, -0.1) is 0 Å². The van der Waals surface area contributed by atoms with E-state index in [0.29, 0.717) is 51.6 Å². The number of nitrogens with zero attached hydrogens (tertiary/aromatic N) is 13. The third-order valence-electron chi connectivity index (χ3n) is 16.1. The van der Waals surface area contributed by atoms with Crippen molar-refractivity contribution in [3.05, 3.63) is 108 Å². The zero-order valence-electron chi connectivity index (χ0n) is 50.2. The van der Waals surface area contributed by atoms with Crippen LogP contribution in [0.1, 0.15) is 122 Å². The number of nitrogens with two attached hydrogens (primary N) is 3. The maximum absolute atomic E-state index is 14.7. The molecule has 20 nitrogen and oxygen atoms in total. The highest BCUT2D eigenvalue weighted by Crippen LogP contribution is 2.42. The van der Waals surface area contributed by atoms with E-state index < -0.39 is 28.4 Å². The Morgan fingerprint density at radius 1 is 0.580 bits per heavy atom. The Morgan fingerprint density at radius 3 is 1.49 bits per heavy atom. The van der Waals surface area contributed by atoms with Crippen LogP contribution in [0, 0.1) is 59.0 Å². The first-order valence-electron chi connectivity index (χ1n) is 29.2. The number of nitrogen functional groups attached to an aromatic ring is 3. The van der Waals surface area contributed by atoms with Crippen molar-refractivity contribution in [1.29, 1.82) is 0 Å². The average Bonchev–Trinajstić information content (AvgIpc) is 1.88. The molecule has 1 saturated heterocycles. The maximum Gasteiger partial charge on any atom is 0.220 e. The lowest BCUT2D eigenvalue weighted by atomic mass is 10.0. The van der Waals surface area contributed by atoms with Crippen molar-refractivity contribution in [3.63, 3.8) is 0 Å². The average molecular weight is 1210 g/mol. The second-order valence-electron chi connectivity index (χ2n) is 24.3. The predicted molar refractivity (Wildman–Crippen MR) is 335 cm³/mol. The van der Waals surface area contributed by atoms with E-state index in [0.717, 1.165) is 95.5 Å². The van der Waals surface area contributed by atoms with Crippen molar-refractivity contribution < 1.29 is 28.8 Å². The number of pyridine rings is 3. The summed E-state index contributed by atoms with van der Waals surface area (Å²) in [6.07, 6.45) is 21.2. The quantitative estimate of drug-likeness (QED) is 0.0658. The number of aromatic nitrogens is 12. The van der Waals surface area contributed by atoms with Gasteiger partial charge in [-0.25, -0.2) is 53.6 Å². The van der Waals surface area contributed by atoms with E-state index in [1.54, 1.807) is 59.5 Å². The molecule has 9 aromatic heterocycles. The summed E-state index contributed by atoms with van der Waals surface area (Å²) >= 11 is 6.31. The smallest absolute Gasteiger partial charge is 0.220 e. The predicted octanol–water partition coefficient (Wildman–Crippen LogP) is 9.11. The van der Waals surface area contributed by atoms with Crippen LogP contribution in [-0.4, -0.2) is 128 Å². The van der Waals surface area contributed by atoms with Crippen molar-refractivity contribution in [1.82, 2.24) is 63.5 Å². The molecule has 0 amide bonds. The first-order valence-corrected chi connectivity index (χ1v) is 29.6. The zero-order chi connectivity index (χ0) is 62.6. The number of methoxy groups -OCH3 is 1. The number of aliphatic hydroxyl groups is 3. The molecule has 3 aliphatic carbocycles. The molecule has 3 atom stereocenters. The fourth-order valence-electron chi connectivity index (χ4n) is 10.8. The standard InChI is InChI=1S/C24H25FN6O.C22H24FN5O2.C19H20ClN5O/c1-24(32,14-2-3-14)7-6-15-8-18-19(22-20(25)9-28-23(26)29-22)13-31(21(18)10-27-15)17-11-30(12-17)16-4-5-16;1-13(12-30-3)28-11-17(20-18(23)9-26-21(24)27-20)16-8-15(25-10-19(16)28)6-7-22(2,29)14-4-5-14;1-11(2)25-10-14(17-15(20)8-23-18(21)24-17)13-7-12(22-9-16(13)25)5-6-19(3,4)26/h8-10,13-14,16-17,32H,2-5,11-12H2,1H3,(H2,26,28,29);8-11,13-14,29H,4-5,12H2,1-3H3,(H2,24,26,27);7-11,26H,1-4H3,(H2,21,23,24). The number of hydrogen-bond acceptors (Lipinski definition) is 17. The Balaban J connectivity index is 0.000000137. The summed E-state index contributed by atoms with van der Waals surface area (Å²) < 4.78 is 40.8. The fourth-order valence-corrected chi connectivity index (χ4v) is 11.0. The topological polar surface area (TPSA) is 282 Å². The normalized spacial score (nSPS) is 16.8. The molecule has 9 aromatic rings. The molecule has 9 N–H and O–H groups in total. The Morgan fingerprint density at radius 2 is 1.01 bits per heavy atom. The molecule has 3 unspecified atom stereocenters. The van der Waals surface area contributed by atoms with Gasteiger partial charge in [0.15, 0.2) is 11.6 Å². The molecule has 454 valence electrons. The zero-order valence-corrected chi connectivity index (χ0v) is 50.9. The highest BCUT2D eigenvalue weighted by molar-refractivity contribution is 6.33. The lowest BCUT2D eigenvalue weighted by molar-refractivity contribution is 0.0976. The summed E-state index contributed by atoms with van der Waals surface area (Å²) in [6.45, 7) is 15.3. The monoisotopic (exact) mass is 1210 g/mol. The molecule has 13 rings (SSSR count). The van der Waals surface area contributed by atoms with Gasteiger partial charge in [0.1, 0.15) is 45.3 Å². The number of ether oxygens (including phenoxy) is 1. The third-order valence-corrected chi connectivity index (χ3v) is 16.4. The summed E-state index contributed by atoms with van der Waals surface area (Å²) in [5.74, 6) is 17.1. The number of rotatable bonds is 11. The van der Waals surface area contributed by atoms with Gasteiger partial charge < -0.3 is 51.0 Å². The van der Waals surface area contributed by atoms with E-state index in [-0.39, 0.29) is 53.2 Å². The van der Waals surface area contributed by atoms with Crippen LogP contribution in [0.4, 0.5) is 26.6 Å². The molecule has 88 heavy (non-hydrogen) atoms. The summed E-state index contributed by atoms with van der Waals surface area (Å²) in [5, 5.41) is 33.7. The molecule has 4 fully saturated rings. The second-order valence-corrected chi connectivity index (χ2v) is 24.7. The molecule has 0 aromatic carbocycles. The summed E-state index contributed by atoms with van der Waals surface area (Å²) in [4.78, 5) is 39.9. The van der Waals surface area contributed by atoms with Gasteiger partial charge in [0.25, 0.3) is 0 Å². The van der Waals surface area contributed by atoms with Crippen LogP contribution >= 0.6 is 11.6 Å². The van der Waals surface area contributed by atoms with Crippen LogP contribution in [0.3, 0.4) is 0 Å². The number of likely N-dealkylation sites (tertiary alicyclic amines) is 1. The highest BCUT2D eigenvalue weighted by Gasteiger charge is 2.41. The van der Waals surface area contributed by atoms with Crippen molar-refractivity contribution in [2.24, 2.45) is 11.8 Å². The lowest BCUT2D eigenvalue weighted by Crippen LogP contribution is -2.48. The van der Waals surface area contributed by atoms with E-state index >= 15 is 0 Å². The van der Waals surface area contributed by atoms with Gasteiger partial charge >= 0.3 is 0 Å². The van der Waals surface area contributed by atoms with Crippen LogP contribution in [0.15, 0.2) is 74.0 Å². The van der Waals surface area contributed by atoms with Gasteiger partial charge in [0.2, 0.25) is 17.8 Å². The van der Waals surface area contributed by atoms with Crippen molar-refractivity contribution >= 4 is 62.2 Å². The molecule has 0 spiro atoms. The number of hydrogen-bond donors (Lipinski definition) is 6. The van der Waals surface area contributed by atoms with Crippen molar-refractivity contribution in [2.75, 3.05) is 44.0 Å². The van der Waals surface area contributed by atoms with Crippen LogP contribution in [0.5, 0.6) is 0 Å². The lowest BCUT2D eigenvalue weighted by Gasteiger charge is -2.40. The molecule has 0 bridgehead atoms. The SMILES string of the molecule is CC(C)n1cc(-c2nc(N)ncc2Cl)c2cc(C#CC(C)(C)O)ncc21.CC(O)(C#Cc1cc2c(-c3nc(N)ncc3F)cn(C3CN(C4CC4)C3)c2cn1)C1CC1.COCC(C)n1cc(-c2nc(N)ncc2F)c2cc(C#CC(C)(O)C3CC3)ncc21. The van der Waals surface area contributed by atoms with Crippen LogP contribution in [-0.2, 0) is 4.74 Å². The van der Waals surface area contributed by atoms with Crippen LogP contribution in [0.25, 0.3) is 66.5 Å². The third kappa shape index (κ3) is 13.4. The minimum Gasteiger partial charge on any atom is -0.383 e. The van der Waals surface area contributed by atoms with Crippen LogP contribution in [0.2, 0.25) is 5.02 Å². The fraction of sp³-hybridized carbons (Fsp3) is 0.400. The highest BCUT2D eigenvalue weighted by atomic mass is 35.5. The molecule has 1 aliphatic heterocycles. The molecule has 10 heterocycles. The second kappa shape index (κ2) is 24.1. The van der Waals surface area contributed by atoms with Crippen LogP contribution < -0.4 is 17.2 Å². The molecular formula is C65H69ClF2N16O4. The maximum atomic E-state index is 14.7. The van der Waals surface area contributed by atoms with E-state index in [1.165, 1.54) is 19.0 Å². The molecule has 0 radical (unpaired) electrons. The number of anilines is 3. The van der Waals surface area contributed by atoms with Crippen molar-refractivity contribution in [2.45, 2.75) is 128 Å². The molecule has 23 heteroatoms. The summed E-state index contributed by atoms with van der Waals surface area (Å²) in [5.41, 5.74) is 21.2. The van der Waals surface area contributed by atoms with Gasteiger partial charge in [0.05, 0.1) is 83.1 Å².